The Kier molecular flexibility index (Phi) is 10.2. The summed E-state index contributed by atoms with van der Waals surface area (Å²) in [5.74, 6) is 1.48. The first-order valence-electron chi connectivity index (χ1n) is 18.7. The van der Waals surface area contributed by atoms with Gasteiger partial charge in [-0.25, -0.2) is 4.98 Å². The first kappa shape index (κ1) is 35.4. The molecule has 0 aliphatic carbocycles. The monoisotopic (exact) mass is 688 g/mol. The van der Waals surface area contributed by atoms with E-state index in [1.54, 1.807) is 0 Å². The molecule has 8 aromatic rings. The van der Waals surface area contributed by atoms with Gasteiger partial charge in [-0.2, -0.15) is 0 Å². The average Bonchev–Trinajstić information content (AvgIpc) is 3.50. The van der Waals surface area contributed by atoms with Crippen LogP contribution in [0.4, 0.5) is 0 Å². The molecule has 0 atom stereocenters. The van der Waals surface area contributed by atoms with Crippen LogP contribution in [-0.4, -0.2) is 9.55 Å². The Morgan fingerprint density at radius 1 is 0.509 bits per heavy atom. The van der Waals surface area contributed by atoms with Gasteiger partial charge in [0.05, 0.1) is 11.2 Å². The van der Waals surface area contributed by atoms with Crippen molar-refractivity contribution >= 4 is 10.9 Å². The summed E-state index contributed by atoms with van der Waals surface area (Å²) in [6, 6.07) is 62.1. The molecule has 262 valence electrons. The van der Waals surface area contributed by atoms with Crippen LogP contribution in [0.2, 0.25) is 0 Å². The maximum atomic E-state index is 5.18. The van der Waals surface area contributed by atoms with Gasteiger partial charge >= 0.3 is 0 Å². The van der Waals surface area contributed by atoms with Crippen LogP contribution < -0.4 is 0 Å². The molecule has 0 aliphatic heterocycles. The van der Waals surface area contributed by atoms with Gasteiger partial charge in [0.15, 0.2) is 0 Å². The summed E-state index contributed by atoms with van der Waals surface area (Å²) in [4.78, 5) is 5.18. The number of rotatable bonds is 7. The van der Waals surface area contributed by atoms with Crippen molar-refractivity contribution in [2.75, 3.05) is 0 Å². The SMILES string of the molecule is Cc1c(-c2ccccc2)c2ccccc2n1-c1cc(-c2ccccc2)cc(-c2ccccc2)n1.Cc1ccccc1C(C)(C)c1ccccc1C(C)C. The van der Waals surface area contributed by atoms with Gasteiger partial charge in [-0.1, -0.05) is 185 Å². The fourth-order valence-corrected chi connectivity index (χ4v) is 7.81. The second kappa shape index (κ2) is 15.3. The zero-order valence-electron chi connectivity index (χ0n) is 31.7. The van der Waals surface area contributed by atoms with Crippen LogP contribution in [0.1, 0.15) is 61.6 Å². The Balaban J connectivity index is 0.000000195. The Hall–Kier alpha value is -5.99. The second-order valence-electron chi connectivity index (χ2n) is 14.7. The fourth-order valence-electron chi connectivity index (χ4n) is 7.81. The molecule has 0 bridgehead atoms. The lowest BCUT2D eigenvalue weighted by atomic mass is 9.73. The quantitative estimate of drug-likeness (QED) is 0.163. The van der Waals surface area contributed by atoms with Crippen LogP contribution in [0.3, 0.4) is 0 Å². The topological polar surface area (TPSA) is 17.8 Å². The predicted molar refractivity (Wildman–Crippen MR) is 226 cm³/mol. The molecular formula is C51H48N2. The van der Waals surface area contributed by atoms with Gasteiger partial charge in [0, 0.05) is 27.6 Å². The van der Waals surface area contributed by atoms with Crippen LogP contribution in [0, 0.1) is 13.8 Å². The number of fused-ring (bicyclic) bond motifs is 1. The van der Waals surface area contributed by atoms with Crippen LogP contribution in [0.15, 0.2) is 176 Å². The Morgan fingerprint density at radius 3 is 1.68 bits per heavy atom. The highest BCUT2D eigenvalue weighted by atomic mass is 15.1. The third kappa shape index (κ3) is 7.23. The lowest BCUT2D eigenvalue weighted by Crippen LogP contribution is -2.22. The Morgan fingerprint density at radius 2 is 1.04 bits per heavy atom. The lowest BCUT2D eigenvalue weighted by Gasteiger charge is -2.31. The molecule has 8 rings (SSSR count). The molecule has 2 nitrogen and oxygen atoms in total. The minimum Gasteiger partial charge on any atom is -0.298 e. The Labute approximate surface area is 315 Å². The Bertz CT molecular complexity index is 2400. The molecule has 0 N–H and O–H groups in total. The van der Waals surface area contributed by atoms with Crippen LogP contribution in [-0.2, 0) is 5.41 Å². The van der Waals surface area contributed by atoms with Crippen molar-refractivity contribution in [2.45, 2.75) is 52.9 Å². The molecule has 0 saturated heterocycles. The summed E-state index contributed by atoms with van der Waals surface area (Å²) in [5, 5.41) is 1.24. The summed E-state index contributed by atoms with van der Waals surface area (Å²) in [5.41, 5.74) is 15.0. The highest BCUT2D eigenvalue weighted by molar-refractivity contribution is 5.99. The maximum absolute atomic E-state index is 5.18. The molecule has 6 aromatic carbocycles. The standard InChI is InChI=1S/C32H24N2.C19H24/c1-23-32(26-17-9-4-10-18-26)28-19-11-12-20-30(28)34(23)31-22-27(24-13-5-2-6-14-24)21-29(33-31)25-15-7-3-8-16-25;1-14(2)16-11-7-9-13-18(16)19(4,5)17-12-8-6-10-15(17)3/h2-22H,1H3;6-14H,1-5H3. The molecule has 0 saturated carbocycles. The molecule has 0 spiro atoms. The zero-order valence-corrected chi connectivity index (χ0v) is 31.7. The molecule has 2 heterocycles. The summed E-state index contributed by atoms with van der Waals surface area (Å²) in [6.45, 7) is 13.6. The van der Waals surface area contributed by atoms with Crippen molar-refractivity contribution in [3.8, 4) is 39.3 Å². The molecular weight excluding hydrogens is 641 g/mol. The third-order valence-corrected chi connectivity index (χ3v) is 10.5. The third-order valence-electron chi connectivity index (χ3n) is 10.5. The van der Waals surface area contributed by atoms with E-state index >= 15 is 0 Å². The number of hydrogen-bond donors (Lipinski definition) is 0. The number of pyridine rings is 1. The first-order valence-corrected chi connectivity index (χ1v) is 18.7. The van der Waals surface area contributed by atoms with Gasteiger partial charge < -0.3 is 0 Å². The molecule has 2 aromatic heterocycles. The molecule has 0 radical (unpaired) electrons. The van der Waals surface area contributed by atoms with Crippen molar-refractivity contribution in [1.29, 1.82) is 0 Å². The summed E-state index contributed by atoms with van der Waals surface area (Å²) in [7, 11) is 0. The van der Waals surface area contributed by atoms with E-state index in [0.717, 1.165) is 28.2 Å². The molecule has 0 amide bonds. The predicted octanol–water partition coefficient (Wildman–Crippen LogP) is 13.8. The van der Waals surface area contributed by atoms with E-state index in [9.17, 15) is 0 Å². The van der Waals surface area contributed by atoms with Gasteiger partial charge in [0.2, 0.25) is 0 Å². The summed E-state index contributed by atoms with van der Waals surface area (Å²) in [6.07, 6.45) is 0. The second-order valence-corrected chi connectivity index (χ2v) is 14.7. The maximum Gasteiger partial charge on any atom is 0.138 e. The van der Waals surface area contributed by atoms with Crippen molar-refractivity contribution in [3.05, 3.63) is 204 Å². The van der Waals surface area contributed by atoms with E-state index in [4.69, 9.17) is 4.98 Å². The summed E-state index contributed by atoms with van der Waals surface area (Å²) < 4.78 is 2.30. The van der Waals surface area contributed by atoms with Crippen LogP contribution in [0.25, 0.3) is 50.2 Å². The van der Waals surface area contributed by atoms with E-state index in [-0.39, 0.29) is 5.41 Å². The highest BCUT2D eigenvalue weighted by Crippen LogP contribution is 2.39. The molecule has 0 aliphatic rings. The van der Waals surface area contributed by atoms with Gasteiger partial charge in [0.25, 0.3) is 0 Å². The van der Waals surface area contributed by atoms with E-state index in [0.29, 0.717) is 5.92 Å². The number of nitrogens with zero attached hydrogens (tertiary/aromatic N) is 2. The number of para-hydroxylation sites is 1. The normalized spacial score (nSPS) is 11.4. The van der Waals surface area contributed by atoms with E-state index in [1.807, 2.05) is 6.07 Å². The minimum atomic E-state index is 0.0478. The van der Waals surface area contributed by atoms with Gasteiger partial charge in [-0.3, -0.25) is 4.57 Å². The fraction of sp³-hybridized carbons (Fsp3) is 0.157. The highest BCUT2D eigenvalue weighted by Gasteiger charge is 2.27. The molecule has 2 heteroatoms. The van der Waals surface area contributed by atoms with Crippen molar-refractivity contribution in [3.63, 3.8) is 0 Å². The largest absolute Gasteiger partial charge is 0.298 e. The van der Waals surface area contributed by atoms with E-state index < -0.39 is 0 Å². The van der Waals surface area contributed by atoms with Crippen molar-refractivity contribution < 1.29 is 0 Å². The zero-order chi connectivity index (χ0) is 37.0. The van der Waals surface area contributed by atoms with E-state index in [2.05, 4.69) is 216 Å². The van der Waals surface area contributed by atoms with E-state index in [1.165, 1.54) is 50.0 Å². The van der Waals surface area contributed by atoms with Crippen LogP contribution in [0.5, 0.6) is 0 Å². The molecule has 0 fully saturated rings. The lowest BCUT2D eigenvalue weighted by molar-refractivity contribution is 0.619. The van der Waals surface area contributed by atoms with Crippen molar-refractivity contribution in [2.24, 2.45) is 0 Å². The van der Waals surface area contributed by atoms with Gasteiger partial charge in [-0.05, 0) is 76.9 Å². The number of benzene rings is 6. The number of aromatic nitrogens is 2. The number of aryl methyl sites for hydroxylation is 1. The smallest absolute Gasteiger partial charge is 0.138 e. The van der Waals surface area contributed by atoms with Crippen molar-refractivity contribution in [1.82, 2.24) is 9.55 Å². The minimum absolute atomic E-state index is 0.0478. The number of hydrogen-bond acceptors (Lipinski definition) is 1. The van der Waals surface area contributed by atoms with Gasteiger partial charge in [0.1, 0.15) is 5.82 Å². The first-order chi connectivity index (χ1) is 25.7. The molecule has 0 unspecified atom stereocenters. The average molecular weight is 689 g/mol. The molecule has 53 heavy (non-hydrogen) atoms. The van der Waals surface area contributed by atoms with Crippen LogP contribution >= 0.6 is 0 Å². The summed E-state index contributed by atoms with van der Waals surface area (Å²) >= 11 is 0. The van der Waals surface area contributed by atoms with Gasteiger partial charge in [-0.15, -0.1) is 0 Å².